The first-order valence-electron chi connectivity index (χ1n) is 6.91. The van der Waals surface area contributed by atoms with Gasteiger partial charge in [-0.05, 0) is 23.4 Å². The number of carbonyl (C=O) groups excluding carboxylic acids is 1. The van der Waals surface area contributed by atoms with Gasteiger partial charge in [0.1, 0.15) is 0 Å². The van der Waals surface area contributed by atoms with Gasteiger partial charge in [-0.1, -0.05) is 57.3 Å². The lowest BCUT2D eigenvalue weighted by Crippen LogP contribution is -2.51. The number of hydrogen-bond acceptors (Lipinski definition) is 1. The summed E-state index contributed by atoms with van der Waals surface area (Å²) in [6.45, 7) is 11.9. The van der Waals surface area contributed by atoms with Gasteiger partial charge in [0.15, 0.2) is 5.78 Å². The topological polar surface area (TPSA) is 17.1 Å². The van der Waals surface area contributed by atoms with Crippen LogP contribution in [0.15, 0.2) is 18.2 Å². The molecule has 0 heterocycles. The average Bonchev–Trinajstić information content (AvgIpc) is 2.27. The van der Waals surface area contributed by atoms with Crippen molar-refractivity contribution < 1.29 is 4.79 Å². The molecule has 0 fully saturated rings. The van der Waals surface area contributed by atoms with E-state index in [-0.39, 0.29) is 0 Å². The third-order valence-corrected chi connectivity index (χ3v) is 10.4. The van der Waals surface area contributed by atoms with E-state index in [1.54, 1.807) is 0 Å². The smallest absolute Gasteiger partial charge is 0.163 e. The molecule has 0 amide bonds. The lowest BCUT2D eigenvalue weighted by atomic mass is 9.91. The van der Waals surface area contributed by atoms with Crippen LogP contribution in [0.4, 0.5) is 0 Å². The molecule has 2 rings (SSSR count). The van der Waals surface area contributed by atoms with Crippen molar-refractivity contribution >= 4 is 19.0 Å². The van der Waals surface area contributed by atoms with Gasteiger partial charge < -0.3 is 0 Å². The summed E-state index contributed by atoms with van der Waals surface area (Å²) in [5.41, 5.74) is 2.36. The van der Waals surface area contributed by atoms with Crippen molar-refractivity contribution in [3.63, 3.8) is 0 Å². The fraction of sp³-hybridized carbons (Fsp3) is 0.562. The van der Waals surface area contributed by atoms with E-state index in [4.69, 9.17) is 0 Å². The molecule has 1 aliphatic carbocycles. The third-order valence-electron chi connectivity index (χ3n) is 4.86. The highest BCUT2D eigenvalue weighted by molar-refractivity contribution is 6.92. The molecule has 2 heteroatoms. The first-order valence-corrected chi connectivity index (χ1v) is 9.91. The van der Waals surface area contributed by atoms with Crippen molar-refractivity contribution in [1.82, 2.24) is 0 Å². The maximum Gasteiger partial charge on any atom is 0.163 e. The highest BCUT2D eigenvalue weighted by Crippen LogP contribution is 2.37. The van der Waals surface area contributed by atoms with Crippen molar-refractivity contribution in [2.24, 2.45) is 0 Å². The summed E-state index contributed by atoms with van der Waals surface area (Å²) in [6.07, 6.45) is 2.84. The molecule has 0 aromatic heterocycles. The number of Topliss-reactive ketones (excluding diaryl/α,β-unsaturated/α-hetero) is 1. The Morgan fingerprint density at radius 3 is 2.39 bits per heavy atom. The van der Waals surface area contributed by atoms with Crippen LogP contribution in [0.2, 0.25) is 18.1 Å². The Labute approximate surface area is 112 Å². The number of rotatable bonds is 1. The van der Waals surface area contributed by atoms with E-state index >= 15 is 0 Å². The molecule has 0 aliphatic heterocycles. The second-order valence-electron chi connectivity index (χ2n) is 6.98. The minimum atomic E-state index is -1.54. The zero-order chi connectivity index (χ0) is 13.6. The number of fused-ring (bicyclic) bond motifs is 1. The molecule has 1 nitrogen and oxygen atoms in total. The molecule has 0 saturated carbocycles. The van der Waals surface area contributed by atoms with Crippen LogP contribution in [0.25, 0.3) is 0 Å². The van der Waals surface area contributed by atoms with Crippen molar-refractivity contribution in [1.29, 1.82) is 0 Å². The van der Waals surface area contributed by atoms with Crippen molar-refractivity contribution in [3.05, 3.63) is 29.3 Å². The lowest BCUT2D eigenvalue weighted by Gasteiger charge is -2.39. The van der Waals surface area contributed by atoms with Gasteiger partial charge in [0, 0.05) is 12.0 Å². The van der Waals surface area contributed by atoms with Crippen molar-refractivity contribution in [3.8, 4) is 0 Å². The molecular weight excluding hydrogens is 236 g/mol. The van der Waals surface area contributed by atoms with Gasteiger partial charge in [-0.3, -0.25) is 4.79 Å². The average molecular weight is 260 g/mol. The first-order chi connectivity index (χ1) is 8.25. The van der Waals surface area contributed by atoms with Gasteiger partial charge >= 0.3 is 0 Å². The zero-order valence-corrected chi connectivity index (χ0v) is 13.3. The van der Waals surface area contributed by atoms with E-state index in [1.165, 1.54) is 10.8 Å². The minimum absolute atomic E-state index is 0.322. The Bertz CT molecular complexity index is 480. The molecule has 0 atom stereocenters. The largest absolute Gasteiger partial charge is 0.294 e. The fourth-order valence-electron chi connectivity index (χ4n) is 2.67. The highest BCUT2D eigenvalue weighted by Gasteiger charge is 2.39. The van der Waals surface area contributed by atoms with E-state index in [1.807, 2.05) is 6.07 Å². The van der Waals surface area contributed by atoms with E-state index in [0.29, 0.717) is 10.8 Å². The molecular formula is C16H24OSi. The molecule has 0 saturated heterocycles. The standard InChI is InChI=1S/C16H24OSi/c1-16(2,3)18(4,5)15-11-7-8-12-13(15)9-6-10-14(12)17/h7-8,11H,6,9-10H2,1-5H3. The lowest BCUT2D eigenvalue weighted by molar-refractivity contribution is 0.0972. The normalized spacial score (nSPS) is 16.6. The summed E-state index contributed by atoms with van der Waals surface area (Å²) in [7, 11) is -1.54. The van der Waals surface area contributed by atoms with Gasteiger partial charge in [-0.15, -0.1) is 0 Å². The van der Waals surface area contributed by atoms with Crippen LogP contribution in [0.5, 0.6) is 0 Å². The van der Waals surface area contributed by atoms with Gasteiger partial charge in [0.2, 0.25) is 0 Å². The Morgan fingerprint density at radius 2 is 1.78 bits per heavy atom. The van der Waals surface area contributed by atoms with Crippen LogP contribution < -0.4 is 5.19 Å². The number of ketones is 1. The number of carbonyl (C=O) groups is 1. The van der Waals surface area contributed by atoms with Crippen LogP contribution in [-0.4, -0.2) is 13.9 Å². The van der Waals surface area contributed by atoms with Gasteiger partial charge in [0.05, 0.1) is 8.07 Å². The van der Waals surface area contributed by atoms with Crippen molar-refractivity contribution in [2.45, 2.75) is 58.2 Å². The fourth-order valence-corrected chi connectivity index (χ4v) is 5.00. The summed E-state index contributed by atoms with van der Waals surface area (Å²) in [5, 5.41) is 1.82. The minimum Gasteiger partial charge on any atom is -0.294 e. The molecule has 0 spiro atoms. The summed E-state index contributed by atoms with van der Waals surface area (Å²) in [5.74, 6) is 0.344. The molecule has 0 unspecified atom stereocenters. The molecule has 0 N–H and O–H groups in total. The van der Waals surface area contributed by atoms with Crippen LogP contribution in [-0.2, 0) is 6.42 Å². The third kappa shape index (κ3) is 2.07. The van der Waals surface area contributed by atoms with E-state index in [9.17, 15) is 4.79 Å². The van der Waals surface area contributed by atoms with Crippen LogP contribution >= 0.6 is 0 Å². The molecule has 1 aromatic rings. The first kappa shape index (κ1) is 13.5. The van der Waals surface area contributed by atoms with Gasteiger partial charge in [0.25, 0.3) is 0 Å². The highest BCUT2D eigenvalue weighted by atomic mass is 28.3. The molecule has 0 radical (unpaired) electrons. The quantitative estimate of drug-likeness (QED) is 0.699. The molecule has 0 bridgehead atoms. The Kier molecular flexibility index (Phi) is 3.26. The van der Waals surface area contributed by atoms with Gasteiger partial charge in [-0.25, -0.2) is 0 Å². The summed E-state index contributed by atoms with van der Waals surface area (Å²) in [4.78, 5) is 12.0. The maximum absolute atomic E-state index is 12.0. The molecule has 98 valence electrons. The Hall–Kier alpha value is -0.893. The Morgan fingerprint density at radius 1 is 1.11 bits per heavy atom. The van der Waals surface area contributed by atoms with Crippen LogP contribution in [0, 0.1) is 0 Å². The van der Waals surface area contributed by atoms with Crippen molar-refractivity contribution in [2.75, 3.05) is 0 Å². The maximum atomic E-state index is 12.0. The van der Waals surface area contributed by atoms with E-state index < -0.39 is 8.07 Å². The second kappa shape index (κ2) is 4.34. The Balaban J connectivity index is 2.60. The zero-order valence-electron chi connectivity index (χ0n) is 12.3. The molecule has 18 heavy (non-hydrogen) atoms. The second-order valence-corrected chi connectivity index (χ2v) is 12.3. The SMILES string of the molecule is CC(C)(C)[Si](C)(C)c1cccc2c1CCCC2=O. The monoisotopic (exact) mass is 260 g/mol. The predicted molar refractivity (Wildman–Crippen MR) is 80.5 cm³/mol. The number of hydrogen-bond donors (Lipinski definition) is 0. The van der Waals surface area contributed by atoms with Crippen LogP contribution in [0.1, 0.15) is 49.5 Å². The summed E-state index contributed by atoms with van der Waals surface area (Å²) < 4.78 is 0. The predicted octanol–water partition coefficient (Wildman–Crippen LogP) is 3.92. The number of benzene rings is 1. The molecule has 1 aliphatic rings. The van der Waals surface area contributed by atoms with E-state index in [2.05, 4.69) is 46.0 Å². The van der Waals surface area contributed by atoms with Gasteiger partial charge in [-0.2, -0.15) is 0 Å². The summed E-state index contributed by atoms with van der Waals surface area (Å²) >= 11 is 0. The summed E-state index contributed by atoms with van der Waals surface area (Å²) in [6, 6.07) is 6.38. The van der Waals surface area contributed by atoms with E-state index in [0.717, 1.165) is 24.8 Å². The molecule has 1 aromatic carbocycles. The van der Waals surface area contributed by atoms with Crippen LogP contribution in [0.3, 0.4) is 0 Å².